The van der Waals surface area contributed by atoms with Gasteiger partial charge in [0.25, 0.3) is 0 Å². The number of hydrogen-bond acceptors (Lipinski definition) is 3. The Morgan fingerprint density at radius 3 is 2.81 bits per heavy atom. The Morgan fingerprint density at radius 2 is 2.19 bits per heavy atom. The number of nitrogens with zero attached hydrogens (tertiary/aromatic N) is 2. The lowest BCUT2D eigenvalue weighted by atomic mass is 10.1. The summed E-state index contributed by atoms with van der Waals surface area (Å²) in [6, 6.07) is 5.30. The number of thioether (sulfide) groups is 1. The topological polar surface area (TPSA) is 55.1 Å². The van der Waals surface area contributed by atoms with Crippen LogP contribution in [-0.4, -0.2) is 26.4 Å². The molecular formula is C14H14Cl2N2O2S. The van der Waals surface area contributed by atoms with Gasteiger partial charge < -0.3 is 9.67 Å². The van der Waals surface area contributed by atoms with Crippen molar-refractivity contribution in [3.63, 3.8) is 0 Å². The van der Waals surface area contributed by atoms with E-state index < -0.39 is 5.97 Å². The summed E-state index contributed by atoms with van der Waals surface area (Å²) in [6.45, 7) is 3.92. The monoisotopic (exact) mass is 344 g/mol. The standard InChI is InChI=1S/C14H14Cl2N2O2S/c1-8-6-17-14(21-7-13(19)20)18(8)9(2)11-4-3-10(15)5-12(11)16/h3-6,9H,7H2,1-2H3,(H,19,20). The Bertz CT molecular complexity index is 673. The van der Waals surface area contributed by atoms with Gasteiger partial charge in [-0.2, -0.15) is 0 Å². The molecule has 0 aliphatic heterocycles. The van der Waals surface area contributed by atoms with Gasteiger partial charge in [-0.05, 0) is 31.5 Å². The molecule has 1 N–H and O–H groups in total. The molecule has 1 unspecified atom stereocenters. The Balaban J connectivity index is 2.36. The zero-order chi connectivity index (χ0) is 15.6. The molecule has 0 fully saturated rings. The highest BCUT2D eigenvalue weighted by atomic mass is 35.5. The van der Waals surface area contributed by atoms with Crippen molar-refractivity contribution in [3.05, 3.63) is 45.7 Å². The van der Waals surface area contributed by atoms with Crippen LogP contribution in [0, 0.1) is 6.92 Å². The number of aryl methyl sites for hydroxylation is 1. The molecule has 1 aromatic carbocycles. The van der Waals surface area contributed by atoms with E-state index in [1.54, 1.807) is 18.3 Å². The first-order valence-electron chi connectivity index (χ1n) is 6.23. The third-order valence-electron chi connectivity index (χ3n) is 3.07. The van der Waals surface area contributed by atoms with Crippen LogP contribution in [0.5, 0.6) is 0 Å². The largest absolute Gasteiger partial charge is 0.481 e. The van der Waals surface area contributed by atoms with E-state index in [0.29, 0.717) is 15.2 Å². The Kier molecular flexibility index (Phi) is 5.19. The molecule has 4 nitrogen and oxygen atoms in total. The first-order chi connectivity index (χ1) is 9.90. The lowest BCUT2D eigenvalue weighted by Gasteiger charge is -2.19. The van der Waals surface area contributed by atoms with E-state index >= 15 is 0 Å². The number of rotatable bonds is 5. The minimum absolute atomic E-state index is 0.0302. The third kappa shape index (κ3) is 3.73. The Hall–Kier alpha value is -1.17. The molecule has 1 atom stereocenters. The van der Waals surface area contributed by atoms with Crippen LogP contribution >= 0.6 is 35.0 Å². The molecule has 2 aromatic rings. The summed E-state index contributed by atoms with van der Waals surface area (Å²) in [5.41, 5.74) is 1.86. The number of carboxylic acid groups (broad SMARTS) is 1. The smallest absolute Gasteiger partial charge is 0.313 e. The van der Waals surface area contributed by atoms with E-state index in [9.17, 15) is 4.79 Å². The second kappa shape index (κ2) is 6.73. The minimum Gasteiger partial charge on any atom is -0.481 e. The van der Waals surface area contributed by atoms with E-state index in [2.05, 4.69) is 4.98 Å². The second-order valence-corrected chi connectivity index (χ2v) is 6.36. The van der Waals surface area contributed by atoms with Crippen molar-refractivity contribution in [2.75, 3.05) is 5.75 Å². The summed E-state index contributed by atoms with van der Waals surface area (Å²) in [4.78, 5) is 15.0. The molecular weight excluding hydrogens is 331 g/mol. The maximum Gasteiger partial charge on any atom is 0.313 e. The van der Waals surface area contributed by atoms with Crippen LogP contribution in [0.1, 0.15) is 24.2 Å². The average molecular weight is 345 g/mol. The second-order valence-electron chi connectivity index (χ2n) is 4.58. The van der Waals surface area contributed by atoms with Crippen molar-refractivity contribution in [1.29, 1.82) is 0 Å². The molecule has 0 saturated heterocycles. The van der Waals surface area contributed by atoms with Gasteiger partial charge in [0.1, 0.15) is 0 Å². The molecule has 7 heteroatoms. The Morgan fingerprint density at radius 1 is 1.48 bits per heavy atom. The zero-order valence-corrected chi connectivity index (χ0v) is 13.8. The van der Waals surface area contributed by atoms with Gasteiger partial charge in [0.05, 0.1) is 11.8 Å². The van der Waals surface area contributed by atoms with Crippen molar-refractivity contribution in [3.8, 4) is 0 Å². The first-order valence-corrected chi connectivity index (χ1v) is 7.97. The molecule has 0 radical (unpaired) electrons. The van der Waals surface area contributed by atoms with Gasteiger partial charge in [-0.1, -0.05) is 41.0 Å². The summed E-state index contributed by atoms with van der Waals surface area (Å²) in [6.07, 6.45) is 1.73. The van der Waals surface area contributed by atoms with Gasteiger partial charge in [-0.15, -0.1) is 0 Å². The Labute approximate surface area is 137 Å². The van der Waals surface area contributed by atoms with Crippen molar-refractivity contribution >= 4 is 40.9 Å². The zero-order valence-electron chi connectivity index (χ0n) is 11.5. The highest BCUT2D eigenvalue weighted by Crippen LogP contribution is 2.32. The lowest BCUT2D eigenvalue weighted by Crippen LogP contribution is -2.11. The quantitative estimate of drug-likeness (QED) is 0.822. The highest BCUT2D eigenvalue weighted by molar-refractivity contribution is 7.99. The van der Waals surface area contributed by atoms with Crippen LogP contribution in [-0.2, 0) is 4.79 Å². The van der Waals surface area contributed by atoms with E-state index in [1.165, 1.54) is 11.8 Å². The van der Waals surface area contributed by atoms with Crippen LogP contribution in [0.3, 0.4) is 0 Å². The van der Waals surface area contributed by atoms with E-state index in [-0.39, 0.29) is 11.8 Å². The van der Waals surface area contributed by atoms with Crippen molar-refractivity contribution in [2.24, 2.45) is 0 Å². The summed E-state index contributed by atoms with van der Waals surface area (Å²) in [5, 5.41) is 10.6. The minimum atomic E-state index is -0.871. The number of aromatic nitrogens is 2. The van der Waals surface area contributed by atoms with Gasteiger partial charge in [-0.25, -0.2) is 4.98 Å². The SMILES string of the molecule is Cc1cnc(SCC(=O)O)n1C(C)c1ccc(Cl)cc1Cl. The average Bonchev–Trinajstić information content (AvgIpc) is 2.77. The molecule has 0 aliphatic carbocycles. The maximum absolute atomic E-state index is 10.7. The number of aliphatic carboxylic acids is 1. The maximum atomic E-state index is 10.7. The van der Waals surface area contributed by atoms with Crippen LogP contribution < -0.4 is 0 Å². The molecule has 1 heterocycles. The van der Waals surface area contributed by atoms with E-state index in [4.69, 9.17) is 28.3 Å². The van der Waals surface area contributed by atoms with E-state index in [0.717, 1.165) is 11.3 Å². The molecule has 0 bridgehead atoms. The summed E-state index contributed by atoms with van der Waals surface area (Å²) in [7, 11) is 0. The number of carbonyl (C=O) groups is 1. The molecule has 0 aliphatic rings. The van der Waals surface area contributed by atoms with E-state index in [1.807, 2.05) is 24.5 Å². The van der Waals surface area contributed by atoms with Gasteiger partial charge in [0, 0.05) is 21.9 Å². The number of hydrogen-bond donors (Lipinski definition) is 1. The molecule has 0 spiro atoms. The highest BCUT2D eigenvalue weighted by Gasteiger charge is 2.18. The molecule has 21 heavy (non-hydrogen) atoms. The van der Waals surface area contributed by atoms with Crippen molar-refractivity contribution in [2.45, 2.75) is 25.0 Å². The molecule has 0 amide bonds. The summed E-state index contributed by atoms with van der Waals surface area (Å²) < 4.78 is 1.97. The number of benzene rings is 1. The fourth-order valence-electron chi connectivity index (χ4n) is 2.11. The number of imidazole rings is 1. The van der Waals surface area contributed by atoms with Gasteiger partial charge in [-0.3, -0.25) is 4.79 Å². The predicted octanol–water partition coefficient (Wildman–Crippen LogP) is 4.28. The summed E-state index contributed by atoms with van der Waals surface area (Å²) in [5.74, 6) is -0.901. The van der Waals surface area contributed by atoms with Gasteiger partial charge >= 0.3 is 5.97 Å². The fourth-order valence-corrected chi connectivity index (χ4v) is 3.49. The normalized spacial score (nSPS) is 12.4. The van der Waals surface area contributed by atoms with Crippen LogP contribution in [0.4, 0.5) is 0 Å². The number of halogens is 2. The molecule has 0 saturated carbocycles. The van der Waals surface area contributed by atoms with Crippen molar-refractivity contribution < 1.29 is 9.90 Å². The fraction of sp³-hybridized carbons (Fsp3) is 0.286. The van der Waals surface area contributed by atoms with Crippen molar-refractivity contribution in [1.82, 2.24) is 9.55 Å². The van der Waals surface area contributed by atoms with Crippen LogP contribution in [0.2, 0.25) is 10.0 Å². The molecule has 1 aromatic heterocycles. The molecule has 112 valence electrons. The number of carboxylic acids is 1. The van der Waals surface area contributed by atoms with Crippen LogP contribution in [0.15, 0.2) is 29.6 Å². The molecule has 2 rings (SSSR count). The third-order valence-corrected chi connectivity index (χ3v) is 4.59. The lowest BCUT2D eigenvalue weighted by molar-refractivity contribution is -0.133. The first kappa shape index (κ1) is 16.2. The van der Waals surface area contributed by atoms with Gasteiger partial charge in [0.15, 0.2) is 5.16 Å². The van der Waals surface area contributed by atoms with Gasteiger partial charge in [0.2, 0.25) is 0 Å². The van der Waals surface area contributed by atoms with Crippen LogP contribution in [0.25, 0.3) is 0 Å². The predicted molar refractivity (Wildman–Crippen MR) is 85.6 cm³/mol. The summed E-state index contributed by atoms with van der Waals surface area (Å²) >= 11 is 13.4.